The van der Waals surface area contributed by atoms with Gasteiger partial charge in [-0.3, -0.25) is 4.79 Å². The molecule has 1 nitrogen and oxygen atoms in total. The van der Waals surface area contributed by atoms with E-state index in [9.17, 15) is 9.18 Å². The molecule has 1 rings (SSSR count). The van der Waals surface area contributed by atoms with Gasteiger partial charge in [-0.2, -0.15) is 0 Å². The molecule has 0 bridgehead atoms. The molecule has 0 saturated heterocycles. The predicted octanol–water partition coefficient (Wildman–Crippen LogP) is 2.04. The van der Waals surface area contributed by atoms with Crippen LogP contribution in [-0.2, 0) is 4.79 Å². The molecule has 1 aromatic rings. The van der Waals surface area contributed by atoms with Crippen LogP contribution in [0.4, 0.5) is 4.39 Å². The maximum absolute atomic E-state index is 12.3. The number of carbonyl (C=O) groups is 1. The second-order valence-electron chi connectivity index (χ2n) is 2.05. The molecule has 0 aliphatic carbocycles. The number of hydrogen-bond acceptors (Lipinski definition) is 1. The summed E-state index contributed by atoms with van der Waals surface area (Å²) < 4.78 is 12.3. The monoisotopic (exact) mass is 150 g/mol. The Kier molecular flexibility index (Phi) is 2.55. The molecule has 0 spiro atoms. The fourth-order valence-corrected chi connectivity index (χ4v) is 0.724. The topological polar surface area (TPSA) is 17.1 Å². The number of aldehydes is 1. The van der Waals surface area contributed by atoms with Crippen molar-refractivity contribution in [1.29, 1.82) is 0 Å². The van der Waals surface area contributed by atoms with Gasteiger partial charge in [-0.25, -0.2) is 4.39 Å². The van der Waals surface area contributed by atoms with Crippen LogP contribution in [0.15, 0.2) is 30.3 Å². The second kappa shape index (κ2) is 3.66. The van der Waals surface area contributed by atoms with Gasteiger partial charge in [-0.15, -0.1) is 0 Å². The van der Waals surface area contributed by atoms with Crippen LogP contribution in [0, 0.1) is 5.82 Å². The third-order valence-corrected chi connectivity index (χ3v) is 1.24. The minimum Gasteiger partial charge on any atom is -0.299 e. The molecule has 0 aliphatic heterocycles. The number of hydrogen-bond donors (Lipinski definition) is 0. The molecule has 0 unspecified atom stereocenters. The van der Waals surface area contributed by atoms with E-state index in [-0.39, 0.29) is 5.82 Å². The zero-order valence-electron chi connectivity index (χ0n) is 5.83. The first kappa shape index (κ1) is 7.66. The van der Waals surface area contributed by atoms with E-state index in [1.807, 2.05) is 0 Å². The van der Waals surface area contributed by atoms with E-state index < -0.39 is 0 Å². The first-order chi connectivity index (χ1) is 5.33. The van der Waals surface area contributed by atoms with Gasteiger partial charge in [0.1, 0.15) is 12.1 Å². The van der Waals surface area contributed by atoms with Crippen molar-refractivity contribution in [2.75, 3.05) is 0 Å². The fourth-order valence-electron chi connectivity index (χ4n) is 0.724. The van der Waals surface area contributed by atoms with E-state index in [1.54, 1.807) is 18.2 Å². The molecule has 0 amide bonds. The highest BCUT2D eigenvalue weighted by Gasteiger charge is 1.86. The summed E-state index contributed by atoms with van der Waals surface area (Å²) in [5, 5.41) is 0. The van der Waals surface area contributed by atoms with Crippen molar-refractivity contribution in [1.82, 2.24) is 0 Å². The number of allylic oxidation sites excluding steroid dienone is 1. The first-order valence-electron chi connectivity index (χ1n) is 3.20. The molecule has 11 heavy (non-hydrogen) atoms. The van der Waals surface area contributed by atoms with Gasteiger partial charge in [-0.05, 0) is 23.8 Å². The molecular weight excluding hydrogens is 143 g/mol. The zero-order chi connectivity index (χ0) is 8.10. The quantitative estimate of drug-likeness (QED) is 0.465. The molecule has 0 aliphatic rings. The normalized spacial score (nSPS) is 10.3. The first-order valence-corrected chi connectivity index (χ1v) is 3.20. The van der Waals surface area contributed by atoms with Crippen LogP contribution >= 0.6 is 0 Å². The Morgan fingerprint density at radius 2 is 1.82 bits per heavy atom. The Hall–Kier alpha value is -1.44. The molecule has 0 fully saturated rings. The van der Waals surface area contributed by atoms with E-state index in [2.05, 4.69) is 0 Å². The second-order valence-corrected chi connectivity index (χ2v) is 2.05. The predicted molar refractivity (Wildman–Crippen MR) is 41.5 cm³/mol. The average Bonchev–Trinajstić information content (AvgIpc) is 2.04. The van der Waals surface area contributed by atoms with Crippen LogP contribution in [-0.4, -0.2) is 6.29 Å². The maximum Gasteiger partial charge on any atom is 0.142 e. The molecule has 0 N–H and O–H groups in total. The minimum atomic E-state index is -0.270. The van der Waals surface area contributed by atoms with Crippen molar-refractivity contribution in [3.8, 4) is 0 Å². The van der Waals surface area contributed by atoms with Crippen molar-refractivity contribution in [2.45, 2.75) is 0 Å². The Morgan fingerprint density at radius 3 is 2.36 bits per heavy atom. The van der Waals surface area contributed by atoms with Crippen molar-refractivity contribution < 1.29 is 9.18 Å². The summed E-state index contributed by atoms with van der Waals surface area (Å²) in [5.74, 6) is -0.270. The maximum atomic E-state index is 12.3. The SMILES string of the molecule is O=C/C=C/c1ccc(F)cc1. The summed E-state index contributed by atoms with van der Waals surface area (Å²) in [6, 6.07) is 5.92. The van der Waals surface area contributed by atoms with Crippen LogP contribution in [0.3, 0.4) is 0 Å². The largest absolute Gasteiger partial charge is 0.299 e. The van der Waals surface area contributed by atoms with Gasteiger partial charge in [0.25, 0.3) is 0 Å². The molecule has 0 heterocycles. The van der Waals surface area contributed by atoms with Crippen LogP contribution in [0.5, 0.6) is 0 Å². The lowest BCUT2D eigenvalue weighted by Crippen LogP contribution is -1.73. The lowest BCUT2D eigenvalue weighted by molar-refractivity contribution is -0.104. The smallest absolute Gasteiger partial charge is 0.142 e. The number of carbonyl (C=O) groups excluding carboxylic acids is 1. The highest BCUT2D eigenvalue weighted by Crippen LogP contribution is 2.03. The summed E-state index contributed by atoms with van der Waals surface area (Å²) in [6.07, 6.45) is 3.67. The number of benzene rings is 1. The third kappa shape index (κ3) is 2.34. The van der Waals surface area contributed by atoms with Gasteiger partial charge in [-0.1, -0.05) is 18.2 Å². The summed E-state index contributed by atoms with van der Waals surface area (Å²) in [7, 11) is 0. The summed E-state index contributed by atoms with van der Waals surface area (Å²) in [4.78, 5) is 9.88. The summed E-state index contributed by atoms with van der Waals surface area (Å²) in [5.41, 5.74) is 0.818. The Labute approximate surface area is 64.2 Å². The van der Waals surface area contributed by atoms with E-state index in [4.69, 9.17) is 0 Å². The van der Waals surface area contributed by atoms with Crippen molar-refractivity contribution in [3.63, 3.8) is 0 Å². The van der Waals surface area contributed by atoms with E-state index in [0.717, 1.165) is 5.56 Å². The number of halogens is 1. The van der Waals surface area contributed by atoms with Gasteiger partial charge >= 0.3 is 0 Å². The van der Waals surface area contributed by atoms with E-state index >= 15 is 0 Å². The van der Waals surface area contributed by atoms with Gasteiger partial charge in [0.15, 0.2) is 0 Å². The Morgan fingerprint density at radius 1 is 1.18 bits per heavy atom. The molecule has 0 atom stereocenters. The third-order valence-electron chi connectivity index (χ3n) is 1.24. The minimum absolute atomic E-state index is 0.270. The van der Waals surface area contributed by atoms with Crippen molar-refractivity contribution in [3.05, 3.63) is 41.7 Å². The molecule has 2 heteroatoms. The molecule has 0 saturated carbocycles. The average molecular weight is 150 g/mol. The van der Waals surface area contributed by atoms with Gasteiger partial charge in [0.2, 0.25) is 0 Å². The Bertz CT molecular complexity index is 261. The van der Waals surface area contributed by atoms with Gasteiger partial charge in [0.05, 0.1) is 0 Å². The molecule has 0 radical (unpaired) electrons. The van der Waals surface area contributed by atoms with E-state index in [0.29, 0.717) is 6.29 Å². The lowest BCUT2D eigenvalue weighted by atomic mass is 10.2. The van der Waals surface area contributed by atoms with Gasteiger partial charge < -0.3 is 0 Å². The number of rotatable bonds is 2. The van der Waals surface area contributed by atoms with Crippen molar-refractivity contribution in [2.24, 2.45) is 0 Å². The molecular formula is C9H7FO. The molecule has 0 aromatic heterocycles. The van der Waals surface area contributed by atoms with Gasteiger partial charge in [0, 0.05) is 0 Å². The summed E-state index contributed by atoms with van der Waals surface area (Å²) in [6.45, 7) is 0. The fraction of sp³-hybridized carbons (Fsp3) is 0. The zero-order valence-corrected chi connectivity index (χ0v) is 5.83. The van der Waals surface area contributed by atoms with Crippen LogP contribution < -0.4 is 0 Å². The molecule has 1 aromatic carbocycles. The van der Waals surface area contributed by atoms with E-state index in [1.165, 1.54) is 18.2 Å². The lowest BCUT2D eigenvalue weighted by Gasteiger charge is -1.89. The Balaban J connectivity index is 2.81. The highest BCUT2D eigenvalue weighted by atomic mass is 19.1. The molecule has 56 valence electrons. The standard InChI is InChI=1S/C9H7FO/c10-9-5-3-8(4-6-9)2-1-7-11/h1-7H/b2-1+. The van der Waals surface area contributed by atoms with Crippen molar-refractivity contribution >= 4 is 12.4 Å². The summed E-state index contributed by atoms with van der Waals surface area (Å²) >= 11 is 0. The highest BCUT2D eigenvalue weighted by molar-refractivity contribution is 5.73. The van der Waals surface area contributed by atoms with Crippen LogP contribution in [0.1, 0.15) is 5.56 Å². The van der Waals surface area contributed by atoms with Crippen LogP contribution in [0.2, 0.25) is 0 Å². The van der Waals surface area contributed by atoms with Crippen LogP contribution in [0.25, 0.3) is 6.08 Å².